The third kappa shape index (κ3) is 5.86. The monoisotopic (exact) mass is 531 g/mol. The van der Waals surface area contributed by atoms with E-state index in [2.05, 4.69) is 32.0 Å². The molecule has 5 rings (SSSR count). The Balaban J connectivity index is 1.40. The maximum atomic E-state index is 14.8. The molecule has 2 heterocycles. The summed E-state index contributed by atoms with van der Waals surface area (Å²) < 4.78 is 35.7. The third-order valence-corrected chi connectivity index (χ3v) is 7.37. The number of halogens is 2. The second-order valence-electron chi connectivity index (χ2n) is 10.0. The first-order valence-electron chi connectivity index (χ1n) is 13.1. The molecule has 1 aliphatic heterocycles. The van der Waals surface area contributed by atoms with Gasteiger partial charge in [-0.1, -0.05) is 12.0 Å². The zero-order valence-electron chi connectivity index (χ0n) is 22.1. The number of ether oxygens (including phenoxy) is 1. The number of aromatic nitrogens is 2. The number of amides is 1. The lowest BCUT2D eigenvalue weighted by molar-refractivity contribution is 0.102. The molecule has 2 aliphatic rings. The average molecular weight is 532 g/mol. The van der Waals surface area contributed by atoms with Gasteiger partial charge in [0.2, 0.25) is 0 Å². The zero-order chi connectivity index (χ0) is 27.5. The Morgan fingerprint density at radius 2 is 2.03 bits per heavy atom. The maximum absolute atomic E-state index is 14.8. The molecule has 2 fully saturated rings. The fourth-order valence-electron chi connectivity index (χ4n) is 5.00. The van der Waals surface area contributed by atoms with Crippen LogP contribution in [0.2, 0.25) is 0 Å². The van der Waals surface area contributed by atoms with E-state index in [-0.39, 0.29) is 28.9 Å². The first-order valence-corrected chi connectivity index (χ1v) is 13.1. The van der Waals surface area contributed by atoms with E-state index in [0.29, 0.717) is 35.9 Å². The van der Waals surface area contributed by atoms with Crippen LogP contribution in [0.25, 0.3) is 11.3 Å². The second-order valence-corrected chi connectivity index (χ2v) is 10.0. The van der Waals surface area contributed by atoms with Crippen LogP contribution in [0.5, 0.6) is 5.75 Å². The van der Waals surface area contributed by atoms with Crippen LogP contribution in [-0.4, -0.2) is 46.5 Å². The molecule has 1 atom stereocenters. The van der Waals surface area contributed by atoms with Crippen LogP contribution >= 0.6 is 0 Å². The van der Waals surface area contributed by atoms with Gasteiger partial charge in [-0.05, 0) is 87.4 Å². The van der Waals surface area contributed by atoms with Gasteiger partial charge in [0.05, 0.1) is 12.1 Å². The molecule has 3 aromatic rings. The Morgan fingerprint density at radius 1 is 1.21 bits per heavy atom. The van der Waals surface area contributed by atoms with Crippen molar-refractivity contribution < 1.29 is 18.3 Å². The quantitative estimate of drug-likeness (QED) is 0.383. The molecule has 0 bridgehead atoms. The van der Waals surface area contributed by atoms with Crippen molar-refractivity contribution in [3.05, 3.63) is 65.0 Å². The predicted octanol–water partition coefficient (Wildman–Crippen LogP) is 5.31. The lowest BCUT2D eigenvalue weighted by Crippen LogP contribution is -2.34. The smallest absolute Gasteiger partial charge is 0.258 e. The minimum absolute atomic E-state index is 0.103. The van der Waals surface area contributed by atoms with Crippen molar-refractivity contribution >= 4 is 17.4 Å². The highest BCUT2D eigenvalue weighted by atomic mass is 19.1. The number of nitrogen functional groups attached to an aromatic ring is 1. The van der Waals surface area contributed by atoms with Gasteiger partial charge in [-0.2, -0.15) is 0 Å². The Bertz CT molecular complexity index is 1460. The van der Waals surface area contributed by atoms with Gasteiger partial charge in [0.25, 0.3) is 5.91 Å². The third-order valence-electron chi connectivity index (χ3n) is 7.37. The molecule has 1 aliphatic carbocycles. The summed E-state index contributed by atoms with van der Waals surface area (Å²) in [5, 5.41) is 2.66. The zero-order valence-corrected chi connectivity index (χ0v) is 22.1. The van der Waals surface area contributed by atoms with E-state index in [1.54, 1.807) is 13.0 Å². The van der Waals surface area contributed by atoms with E-state index in [4.69, 9.17) is 10.5 Å². The molecule has 1 amide bonds. The van der Waals surface area contributed by atoms with Crippen LogP contribution in [0.3, 0.4) is 0 Å². The molecular formula is C30H31F2N5O2. The minimum Gasteiger partial charge on any atom is -0.486 e. The van der Waals surface area contributed by atoms with Crippen LogP contribution < -0.4 is 15.8 Å². The van der Waals surface area contributed by atoms with E-state index < -0.39 is 17.5 Å². The number of nitrogens with one attached hydrogen (secondary N) is 1. The van der Waals surface area contributed by atoms with E-state index in [0.717, 1.165) is 37.8 Å². The molecule has 0 spiro atoms. The van der Waals surface area contributed by atoms with Crippen molar-refractivity contribution in [3.63, 3.8) is 0 Å². The SMILES string of the molecule is CC#CCN1CCC[C@H]1COc1c(N)ncnc1-c1cc(F)cc(NC(=O)c2ccc(C3CC3)cc2F)c1C. The normalized spacial score (nSPS) is 17.0. The number of rotatable bonds is 8. The van der Waals surface area contributed by atoms with Gasteiger partial charge >= 0.3 is 0 Å². The highest BCUT2D eigenvalue weighted by molar-refractivity contribution is 6.05. The first kappa shape index (κ1) is 26.6. The number of likely N-dealkylation sites (tertiary alicyclic amines) is 1. The molecule has 3 N–H and O–H groups in total. The molecule has 1 saturated heterocycles. The Morgan fingerprint density at radius 3 is 2.77 bits per heavy atom. The van der Waals surface area contributed by atoms with Gasteiger partial charge in [0.15, 0.2) is 11.6 Å². The maximum Gasteiger partial charge on any atom is 0.258 e. The number of hydrogen-bond acceptors (Lipinski definition) is 6. The van der Waals surface area contributed by atoms with Crippen molar-refractivity contribution in [1.82, 2.24) is 14.9 Å². The van der Waals surface area contributed by atoms with E-state index in [1.807, 2.05) is 6.92 Å². The van der Waals surface area contributed by atoms with Gasteiger partial charge in [-0.3, -0.25) is 9.69 Å². The molecule has 1 saturated carbocycles. The van der Waals surface area contributed by atoms with Gasteiger partial charge < -0.3 is 15.8 Å². The van der Waals surface area contributed by atoms with Crippen LogP contribution in [-0.2, 0) is 0 Å². The Kier molecular flexibility index (Phi) is 7.75. The summed E-state index contributed by atoms with van der Waals surface area (Å²) in [5.41, 5.74) is 8.40. The van der Waals surface area contributed by atoms with Crippen molar-refractivity contribution in [3.8, 4) is 28.8 Å². The fourth-order valence-corrected chi connectivity index (χ4v) is 5.00. The van der Waals surface area contributed by atoms with Crippen molar-refractivity contribution in [2.24, 2.45) is 0 Å². The van der Waals surface area contributed by atoms with Crippen molar-refractivity contribution in [2.75, 3.05) is 30.7 Å². The highest BCUT2D eigenvalue weighted by Crippen LogP contribution is 2.41. The summed E-state index contributed by atoms with van der Waals surface area (Å²) in [6, 6.07) is 7.32. The molecule has 9 heteroatoms. The summed E-state index contributed by atoms with van der Waals surface area (Å²) in [7, 11) is 0. The Labute approximate surface area is 226 Å². The number of nitrogens with zero attached hydrogens (tertiary/aromatic N) is 3. The molecule has 0 radical (unpaired) electrons. The lowest BCUT2D eigenvalue weighted by atomic mass is 10.0. The largest absolute Gasteiger partial charge is 0.486 e. The highest BCUT2D eigenvalue weighted by Gasteiger charge is 2.27. The molecule has 1 aromatic heterocycles. The summed E-state index contributed by atoms with van der Waals surface area (Å²) in [5.74, 6) is 4.90. The molecular weight excluding hydrogens is 500 g/mol. The second kappa shape index (κ2) is 11.4. The van der Waals surface area contributed by atoms with Gasteiger partial charge in [0, 0.05) is 17.3 Å². The van der Waals surface area contributed by atoms with Crippen molar-refractivity contribution in [1.29, 1.82) is 0 Å². The topological polar surface area (TPSA) is 93.4 Å². The van der Waals surface area contributed by atoms with E-state index in [1.165, 1.54) is 30.6 Å². The number of benzene rings is 2. The predicted molar refractivity (Wildman–Crippen MR) is 146 cm³/mol. The average Bonchev–Trinajstić information content (AvgIpc) is 3.67. The van der Waals surface area contributed by atoms with Crippen LogP contribution in [0, 0.1) is 30.4 Å². The summed E-state index contributed by atoms with van der Waals surface area (Å²) in [6.07, 6.45) is 5.35. The van der Waals surface area contributed by atoms with Crippen LogP contribution in [0.4, 0.5) is 20.3 Å². The van der Waals surface area contributed by atoms with Gasteiger partial charge in [-0.25, -0.2) is 18.7 Å². The summed E-state index contributed by atoms with van der Waals surface area (Å²) in [6.45, 7) is 5.49. The molecule has 39 heavy (non-hydrogen) atoms. The number of anilines is 2. The molecule has 7 nitrogen and oxygen atoms in total. The Hall–Kier alpha value is -4.03. The standard InChI is InChI=1S/C30H31F2N5O2/c1-3-4-11-37-12-5-6-22(37)16-39-28-27(34-17-35-29(28)33)24-14-21(31)15-26(18(24)2)36-30(38)23-10-9-20(13-25(23)32)19-7-8-19/h9-10,13-15,17,19,22H,5-8,11-12,16H2,1-2H3,(H,36,38)(H2,33,34,35)/t22-/m0/s1. The van der Waals surface area contributed by atoms with Crippen LogP contribution in [0.15, 0.2) is 36.7 Å². The summed E-state index contributed by atoms with van der Waals surface area (Å²) in [4.78, 5) is 23.7. The molecule has 202 valence electrons. The number of carbonyl (C=O) groups excluding carboxylic acids is 1. The lowest BCUT2D eigenvalue weighted by Gasteiger charge is -2.23. The molecule has 2 aromatic carbocycles. The van der Waals surface area contributed by atoms with Gasteiger partial charge in [0.1, 0.15) is 30.3 Å². The summed E-state index contributed by atoms with van der Waals surface area (Å²) >= 11 is 0. The number of hydrogen-bond donors (Lipinski definition) is 2. The van der Waals surface area contributed by atoms with Crippen molar-refractivity contribution in [2.45, 2.75) is 51.5 Å². The van der Waals surface area contributed by atoms with Crippen LogP contribution in [0.1, 0.15) is 60.0 Å². The minimum atomic E-state index is -0.662. The van der Waals surface area contributed by atoms with Gasteiger partial charge in [-0.15, -0.1) is 5.92 Å². The van der Waals surface area contributed by atoms with E-state index in [9.17, 15) is 13.6 Å². The fraction of sp³-hybridized carbons (Fsp3) is 0.367. The number of nitrogens with two attached hydrogens (primary N) is 1. The molecule has 0 unspecified atom stereocenters. The van der Waals surface area contributed by atoms with E-state index >= 15 is 0 Å². The number of carbonyl (C=O) groups is 1. The first-order chi connectivity index (χ1) is 18.9.